The van der Waals surface area contributed by atoms with Crippen LogP contribution in [0.5, 0.6) is 5.75 Å². The van der Waals surface area contributed by atoms with Crippen molar-refractivity contribution < 1.29 is 24.2 Å². The number of rotatable bonds is 5. The largest absolute Gasteiger partial charge is 0.458 e. The standard InChI is InChI=1S/C15H22N4O5/c1-4-5-8-23-14(22)19-12-11(24-15(3,16)13(19)21)10(6-7-20)17-9(2)18-12/h20H,4-8,16H2,1-3H3. The first-order valence-electron chi connectivity index (χ1n) is 7.79. The number of aliphatic hydroxyl groups is 1. The van der Waals surface area contributed by atoms with Gasteiger partial charge in [-0.1, -0.05) is 13.3 Å². The lowest BCUT2D eigenvalue weighted by Gasteiger charge is -2.36. The van der Waals surface area contributed by atoms with E-state index in [0.717, 1.165) is 11.3 Å². The topological polar surface area (TPSA) is 128 Å². The first-order valence-corrected chi connectivity index (χ1v) is 7.79. The zero-order chi connectivity index (χ0) is 17.9. The van der Waals surface area contributed by atoms with E-state index < -0.39 is 17.7 Å². The summed E-state index contributed by atoms with van der Waals surface area (Å²) < 4.78 is 10.6. The van der Waals surface area contributed by atoms with Crippen molar-refractivity contribution in [2.45, 2.75) is 45.8 Å². The highest BCUT2D eigenvalue weighted by molar-refractivity contribution is 6.16. The fraction of sp³-hybridized carbons (Fsp3) is 0.600. The lowest BCUT2D eigenvalue weighted by Crippen LogP contribution is -2.62. The van der Waals surface area contributed by atoms with Gasteiger partial charge in [0, 0.05) is 13.0 Å². The van der Waals surface area contributed by atoms with Gasteiger partial charge in [-0.3, -0.25) is 10.5 Å². The van der Waals surface area contributed by atoms with Crippen molar-refractivity contribution in [1.29, 1.82) is 0 Å². The van der Waals surface area contributed by atoms with E-state index in [9.17, 15) is 14.7 Å². The predicted molar refractivity (Wildman–Crippen MR) is 84.5 cm³/mol. The molecule has 0 saturated carbocycles. The molecule has 0 aliphatic carbocycles. The van der Waals surface area contributed by atoms with Crippen LogP contribution < -0.4 is 15.4 Å². The van der Waals surface area contributed by atoms with Gasteiger partial charge >= 0.3 is 6.09 Å². The maximum Gasteiger partial charge on any atom is 0.422 e. The number of amides is 2. The molecule has 1 unspecified atom stereocenters. The number of nitrogens with two attached hydrogens (primary N) is 1. The molecule has 2 heterocycles. The Balaban J connectivity index is 2.48. The molecule has 0 bridgehead atoms. The lowest BCUT2D eigenvalue weighted by molar-refractivity contribution is -0.133. The van der Waals surface area contributed by atoms with Gasteiger partial charge in [-0.15, -0.1) is 0 Å². The smallest absolute Gasteiger partial charge is 0.422 e. The van der Waals surface area contributed by atoms with Gasteiger partial charge in [-0.25, -0.2) is 14.8 Å². The molecule has 0 fully saturated rings. The van der Waals surface area contributed by atoms with Crippen molar-refractivity contribution in [2.24, 2.45) is 5.73 Å². The molecule has 1 aromatic rings. The van der Waals surface area contributed by atoms with Gasteiger partial charge in [0.1, 0.15) is 5.82 Å². The second-order valence-corrected chi connectivity index (χ2v) is 5.66. The van der Waals surface area contributed by atoms with Gasteiger partial charge in [0.15, 0.2) is 11.6 Å². The van der Waals surface area contributed by atoms with Crippen molar-refractivity contribution >= 4 is 17.8 Å². The summed E-state index contributed by atoms with van der Waals surface area (Å²) >= 11 is 0. The number of hydrogen-bond acceptors (Lipinski definition) is 8. The van der Waals surface area contributed by atoms with Crippen LogP contribution in [0.1, 0.15) is 38.2 Å². The molecule has 1 aliphatic heterocycles. The zero-order valence-electron chi connectivity index (χ0n) is 14.0. The van der Waals surface area contributed by atoms with Gasteiger partial charge in [-0.2, -0.15) is 4.90 Å². The summed E-state index contributed by atoms with van der Waals surface area (Å²) in [5, 5.41) is 9.19. The highest BCUT2D eigenvalue weighted by atomic mass is 16.6. The summed E-state index contributed by atoms with van der Waals surface area (Å²) in [6, 6.07) is 0. The molecule has 0 radical (unpaired) electrons. The summed E-state index contributed by atoms with van der Waals surface area (Å²) in [4.78, 5) is 34.0. The average molecular weight is 338 g/mol. The van der Waals surface area contributed by atoms with Gasteiger partial charge in [0.2, 0.25) is 5.72 Å². The Morgan fingerprint density at radius 3 is 2.79 bits per heavy atom. The lowest BCUT2D eigenvalue weighted by atomic mass is 10.1. The zero-order valence-corrected chi connectivity index (χ0v) is 14.0. The molecular formula is C15H22N4O5. The third-order valence-corrected chi connectivity index (χ3v) is 3.44. The SMILES string of the molecule is CCCCOC(=O)N1C(=O)C(C)(N)Oc2c(CCO)nc(C)nc21. The summed E-state index contributed by atoms with van der Waals surface area (Å²) in [6.45, 7) is 4.92. The molecule has 3 N–H and O–H groups in total. The number of ether oxygens (including phenoxy) is 2. The van der Waals surface area contributed by atoms with Gasteiger partial charge < -0.3 is 14.6 Å². The highest BCUT2D eigenvalue weighted by Gasteiger charge is 2.47. The Bertz CT molecular complexity index is 647. The number of nitrogens with zero attached hydrogens (tertiary/aromatic N) is 3. The van der Waals surface area contributed by atoms with E-state index in [1.807, 2.05) is 6.92 Å². The molecule has 2 rings (SSSR count). The molecule has 132 valence electrons. The summed E-state index contributed by atoms with van der Waals surface area (Å²) in [5.41, 5.74) is 4.49. The molecule has 0 spiro atoms. The maximum atomic E-state index is 12.5. The van der Waals surface area contributed by atoms with Crippen LogP contribution in [-0.4, -0.2) is 46.0 Å². The Morgan fingerprint density at radius 2 is 2.17 bits per heavy atom. The Labute approximate surface area is 139 Å². The van der Waals surface area contributed by atoms with E-state index in [4.69, 9.17) is 15.2 Å². The van der Waals surface area contributed by atoms with Crippen LogP contribution in [0.25, 0.3) is 0 Å². The van der Waals surface area contributed by atoms with Crippen LogP contribution in [0.4, 0.5) is 10.6 Å². The normalized spacial score (nSPS) is 19.7. The van der Waals surface area contributed by atoms with Crippen molar-refractivity contribution in [3.63, 3.8) is 0 Å². The van der Waals surface area contributed by atoms with Crippen LogP contribution in [0.3, 0.4) is 0 Å². The molecule has 9 nitrogen and oxygen atoms in total. The van der Waals surface area contributed by atoms with Gasteiger partial charge in [-0.05, 0) is 20.3 Å². The molecular weight excluding hydrogens is 316 g/mol. The number of aromatic nitrogens is 2. The number of hydrogen-bond donors (Lipinski definition) is 2. The number of fused-ring (bicyclic) bond motifs is 1. The highest BCUT2D eigenvalue weighted by Crippen LogP contribution is 2.37. The van der Waals surface area contributed by atoms with Crippen LogP contribution in [0, 0.1) is 6.92 Å². The monoisotopic (exact) mass is 338 g/mol. The second kappa shape index (κ2) is 7.10. The van der Waals surface area contributed by atoms with Crippen LogP contribution in [0.15, 0.2) is 0 Å². The number of imide groups is 1. The number of carbonyl (C=O) groups is 2. The van der Waals surface area contributed by atoms with Crippen molar-refractivity contribution in [3.8, 4) is 5.75 Å². The Kier molecular flexibility index (Phi) is 5.35. The molecule has 24 heavy (non-hydrogen) atoms. The maximum absolute atomic E-state index is 12.5. The van der Waals surface area contributed by atoms with Crippen molar-refractivity contribution in [2.75, 3.05) is 18.1 Å². The van der Waals surface area contributed by atoms with E-state index in [0.29, 0.717) is 17.9 Å². The van der Waals surface area contributed by atoms with Crippen LogP contribution in [0.2, 0.25) is 0 Å². The number of unbranched alkanes of at least 4 members (excludes halogenated alkanes) is 1. The van der Waals surface area contributed by atoms with Gasteiger partial charge in [0.05, 0.1) is 12.3 Å². The van der Waals surface area contributed by atoms with Crippen molar-refractivity contribution in [1.82, 2.24) is 9.97 Å². The van der Waals surface area contributed by atoms with E-state index in [1.165, 1.54) is 6.92 Å². The molecule has 2 amide bonds. The molecule has 0 aromatic carbocycles. The first kappa shape index (κ1) is 18.1. The quantitative estimate of drug-likeness (QED) is 0.749. The van der Waals surface area contributed by atoms with E-state index in [2.05, 4.69) is 9.97 Å². The Morgan fingerprint density at radius 1 is 1.46 bits per heavy atom. The van der Waals surface area contributed by atoms with Gasteiger partial charge in [0.25, 0.3) is 5.91 Å². The number of anilines is 1. The third kappa shape index (κ3) is 3.46. The van der Waals surface area contributed by atoms with E-state index >= 15 is 0 Å². The molecule has 9 heteroatoms. The summed E-state index contributed by atoms with van der Waals surface area (Å²) in [7, 11) is 0. The number of carbonyl (C=O) groups excluding carboxylic acids is 2. The summed E-state index contributed by atoms with van der Waals surface area (Å²) in [5.74, 6) is -0.350. The van der Waals surface area contributed by atoms with E-state index in [1.54, 1.807) is 6.92 Å². The predicted octanol–water partition coefficient (Wildman–Crippen LogP) is 0.657. The first-order chi connectivity index (χ1) is 11.3. The minimum absolute atomic E-state index is 0.0135. The fourth-order valence-electron chi connectivity index (χ4n) is 2.25. The molecule has 1 aromatic heterocycles. The number of aliphatic hydroxyl groups excluding tert-OH is 1. The minimum atomic E-state index is -1.76. The fourth-order valence-corrected chi connectivity index (χ4v) is 2.25. The molecule has 1 atom stereocenters. The second-order valence-electron chi connectivity index (χ2n) is 5.66. The van der Waals surface area contributed by atoms with Crippen LogP contribution >= 0.6 is 0 Å². The third-order valence-electron chi connectivity index (χ3n) is 3.44. The Hall–Kier alpha value is -2.26. The molecule has 1 aliphatic rings. The average Bonchev–Trinajstić information content (AvgIpc) is 2.50. The van der Waals surface area contributed by atoms with Crippen LogP contribution in [-0.2, 0) is 16.0 Å². The van der Waals surface area contributed by atoms with Crippen molar-refractivity contribution in [3.05, 3.63) is 11.5 Å². The molecule has 0 saturated heterocycles. The summed E-state index contributed by atoms with van der Waals surface area (Å²) in [6.07, 6.45) is 0.838. The number of aryl methyl sites for hydroxylation is 1. The van der Waals surface area contributed by atoms with E-state index in [-0.39, 0.29) is 31.2 Å². The minimum Gasteiger partial charge on any atom is -0.458 e.